The summed E-state index contributed by atoms with van der Waals surface area (Å²) in [6.07, 6.45) is -0.201. The average molecular weight is 541 g/mol. The first kappa shape index (κ1) is 25.8. The zero-order chi connectivity index (χ0) is 27.9. The Kier molecular flexibility index (Phi) is 6.59. The molecule has 1 fully saturated rings. The minimum atomic E-state index is -1.22. The monoisotopic (exact) mass is 540 g/mol. The third-order valence-corrected chi connectivity index (χ3v) is 8.23. The molecule has 6 rings (SSSR count). The predicted molar refractivity (Wildman–Crippen MR) is 143 cm³/mol. The number of hydroxylamine groups is 2. The lowest BCUT2D eigenvalue weighted by atomic mass is 9.74. The Morgan fingerprint density at radius 1 is 0.875 bits per heavy atom. The van der Waals surface area contributed by atoms with Crippen LogP contribution in [-0.4, -0.2) is 54.8 Å². The van der Waals surface area contributed by atoms with Crippen LogP contribution in [-0.2, 0) is 19.1 Å². The van der Waals surface area contributed by atoms with E-state index in [-0.39, 0.29) is 49.7 Å². The van der Waals surface area contributed by atoms with Crippen molar-refractivity contribution in [3.05, 3.63) is 95.1 Å². The van der Waals surface area contributed by atoms with E-state index in [1.807, 2.05) is 36.4 Å². The lowest BCUT2D eigenvalue weighted by Crippen LogP contribution is -2.55. The molecule has 204 valence electrons. The second kappa shape index (κ2) is 10.2. The van der Waals surface area contributed by atoms with Crippen molar-refractivity contribution in [2.45, 2.75) is 31.7 Å². The van der Waals surface area contributed by atoms with E-state index in [2.05, 4.69) is 17.4 Å². The van der Waals surface area contributed by atoms with Gasteiger partial charge < -0.3 is 19.6 Å². The molecule has 0 bridgehead atoms. The molecule has 3 aromatic carbocycles. The summed E-state index contributed by atoms with van der Waals surface area (Å²) in [4.78, 5) is 57.6. The highest BCUT2D eigenvalue weighted by Crippen LogP contribution is 2.44. The maximum absolute atomic E-state index is 13.6. The van der Waals surface area contributed by atoms with Gasteiger partial charge in [0.1, 0.15) is 6.61 Å². The second-order valence-corrected chi connectivity index (χ2v) is 10.3. The van der Waals surface area contributed by atoms with E-state index in [9.17, 15) is 19.2 Å². The number of nitrogens with one attached hydrogen (secondary N) is 1. The number of carbonyl (C=O) groups is 4. The molecule has 1 saturated heterocycles. The molecule has 0 aromatic heterocycles. The fourth-order valence-corrected chi connectivity index (χ4v) is 5.93. The molecule has 0 saturated carbocycles. The standard InChI is InChI=1S/C31H28N2O7/c1-19(32-30(37)39-18-26-22-10-4-2-8-20(22)21-9-3-5-11-23(21)26)31(14-16-38-17-15-31)29(36)40-33-27(34)24-12-6-7-13-25(24)28(33)35/h2-13,19,26H,14-18H2,1H3,(H,32,37). The van der Waals surface area contributed by atoms with Gasteiger partial charge in [-0.25, -0.2) is 9.59 Å². The molecule has 2 aliphatic heterocycles. The number of ether oxygens (including phenoxy) is 2. The van der Waals surface area contributed by atoms with Gasteiger partial charge >= 0.3 is 12.1 Å². The number of hydrogen-bond acceptors (Lipinski definition) is 7. The maximum atomic E-state index is 13.6. The molecule has 9 nitrogen and oxygen atoms in total. The first-order valence-corrected chi connectivity index (χ1v) is 13.3. The van der Waals surface area contributed by atoms with Crippen molar-refractivity contribution in [2.24, 2.45) is 5.41 Å². The van der Waals surface area contributed by atoms with Crippen molar-refractivity contribution < 1.29 is 33.5 Å². The molecule has 3 aromatic rings. The first-order chi connectivity index (χ1) is 19.4. The zero-order valence-electron chi connectivity index (χ0n) is 21.9. The van der Waals surface area contributed by atoms with E-state index in [4.69, 9.17) is 14.3 Å². The first-order valence-electron chi connectivity index (χ1n) is 13.3. The van der Waals surface area contributed by atoms with Gasteiger partial charge in [-0.2, -0.15) is 0 Å². The normalized spacial score (nSPS) is 18.0. The van der Waals surface area contributed by atoms with Gasteiger partial charge in [0.25, 0.3) is 11.8 Å². The molecule has 40 heavy (non-hydrogen) atoms. The van der Waals surface area contributed by atoms with E-state index in [0.717, 1.165) is 22.3 Å². The van der Waals surface area contributed by atoms with Gasteiger partial charge in [-0.15, -0.1) is 0 Å². The van der Waals surface area contributed by atoms with Crippen molar-refractivity contribution in [3.63, 3.8) is 0 Å². The van der Waals surface area contributed by atoms with Gasteiger partial charge in [0.05, 0.1) is 16.5 Å². The van der Waals surface area contributed by atoms with Crippen LogP contribution in [0.1, 0.15) is 57.5 Å². The zero-order valence-corrected chi connectivity index (χ0v) is 21.9. The topological polar surface area (TPSA) is 111 Å². The Hall–Kier alpha value is -4.50. The van der Waals surface area contributed by atoms with Crippen LogP contribution in [0.2, 0.25) is 0 Å². The van der Waals surface area contributed by atoms with Gasteiger partial charge in [-0.1, -0.05) is 65.7 Å². The number of carbonyl (C=O) groups excluding carboxylic acids is 4. The number of alkyl carbamates (subject to hydrolysis) is 1. The Morgan fingerprint density at radius 2 is 1.38 bits per heavy atom. The SMILES string of the molecule is CC(NC(=O)OCC1c2ccccc2-c2ccccc21)C1(C(=O)ON2C(=O)c3ccccc3C2=O)CCOCC1. The van der Waals surface area contributed by atoms with Crippen molar-refractivity contribution in [2.75, 3.05) is 19.8 Å². The van der Waals surface area contributed by atoms with Crippen LogP contribution in [0.3, 0.4) is 0 Å². The highest BCUT2D eigenvalue weighted by atomic mass is 16.7. The summed E-state index contributed by atoms with van der Waals surface area (Å²) in [5, 5.41) is 3.31. The molecule has 1 N–H and O–H groups in total. The molecule has 0 spiro atoms. The number of imide groups is 1. The van der Waals surface area contributed by atoms with Crippen LogP contribution in [0, 0.1) is 5.41 Å². The highest BCUT2D eigenvalue weighted by molar-refractivity contribution is 6.21. The van der Waals surface area contributed by atoms with Crippen LogP contribution in [0.5, 0.6) is 0 Å². The molecule has 3 amide bonds. The van der Waals surface area contributed by atoms with Gasteiger partial charge in [0, 0.05) is 25.2 Å². The molecule has 1 unspecified atom stereocenters. The summed E-state index contributed by atoms with van der Waals surface area (Å²) in [5.41, 5.74) is 3.55. The Labute approximate surface area is 231 Å². The summed E-state index contributed by atoms with van der Waals surface area (Å²) in [6, 6.07) is 21.7. The smallest absolute Gasteiger partial charge is 0.407 e. The van der Waals surface area contributed by atoms with Gasteiger partial charge in [0.2, 0.25) is 0 Å². The molecule has 9 heteroatoms. The summed E-state index contributed by atoms with van der Waals surface area (Å²) in [6.45, 7) is 2.33. The Balaban J connectivity index is 1.15. The van der Waals surface area contributed by atoms with Crippen LogP contribution in [0.25, 0.3) is 11.1 Å². The lowest BCUT2D eigenvalue weighted by molar-refractivity contribution is -0.188. The van der Waals surface area contributed by atoms with E-state index in [1.54, 1.807) is 19.1 Å². The van der Waals surface area contributed by atoms with Crippen LogP contribution >= 0.6 is 0 Å². The van der Waals surface area contributed by atoms with Gasteiger partial charge in [-0.3, -0.25) is 9.59 Å². The summed E-state index contributed by atoms with van der Waals surface area (Å²) in [7, 11) is 0. The van der Waals surface area contributed by atoms with E-state index in [0.29, 0.717) is 5.06 Å². The van der Waals surface area contributed by atoms with Crippen molar-refractivity contribution >= 4 is 23.9 Å². The van der Waals surface area contributed by atoms with Crippen LogP contribution in [0.15, 0.2) is 72.8 Å². The predicted octanol–water partition coefficient (Wildman–Crippen LogP) is 4.46. The highest BCUT2D eigenvalue weighted by Gasteiger charge is 2.50. The van der Waals surface area contributed by atoms with Gasteiger partial charge in [-0.05, 0) is 54.2 Å². The fraction of sp³-hybridized carbons (Fsp3) is 0.290. The average Bonchev–Trinajstić information content (AvgIpc) is 3.43. The summed E-state index contributed by atoms with van der Waals surface area (Å²) in [5.74, 6) is -2.29. The molecule has 0 radical (unpaired) electrons. The van der Waals surface area contributed by atoms with Crippen molar-refractivity contribution in [3.8, 4) is 11.1 Å². The van der Waals surface area contributed by atoms with Crippen LogP contribution < -0.4 is 5.32 Å². The van der Waals surface area contributed by atoms with Crippen molar-refractivity contribution in [1.29, 1.82) is 0 Å². The van der Waals surface area contributed by atoms with E-state index >= 15 is 0 Å². The Morgan fingerprint density at radius 3 is 1.93 bits per heavy atom. The minimum Gasteiger partial charge on any atom is -0.449 e. The van der Waals surface area contributed by atoms with E-state index < -0.39 is 35.3 Å². The van der Waals surface area contributed by atoms with E-state index in [1.165, 1.54) is 12.1 Å². The maximum Gasteiger partial charge on any atom is 0.407 e. The summed E-state index contributed by atoms with van der Waals surface area (Å²) >= 11 is 0. The molecular weight excluding hydrogens is 512 g/mol. The Bertz CT molecular complexity index is 1430. The number of nitrogens with zero attached hydrogens (tertiary/aromatic N) is 1. The third kappa shape index (κ3) is 4.23. The fourth-order valence-electron chi connectivity index (χ4n) is 5.93. The number of rotatable bonds is 6. The minimum absolute atomic E-state index is 0.107. The third-order valence-electron chi connectivity index (χ3n) is 8.23. The largest absolute Gasteiger partial charge is 0.449 e. The quantitative estimate of drug-likeness (QED) is 0.460. The molecular formula is C31H28N2O7. The van der Waals surface area contributed by atoms with Gasteiger partial charge in [0.15, 0.2) is 0 Å². The number of benzene rings is 3. The van der Waals surface area contributed by atoms with Crippen molar-refractivity contribution in [1.82, 2.24) is 10.4 Å². The molecule has 3 aliphatic rings. The number of fused-ring (bicyclic) bond motifs is 4. The summed E-state index contributed by atoms with van der Waals surface area (Å²) < 4.78 is 11.2. The molecule has 1 atom stereocenters. The molecule has 1 aliphatic carbocycles. The number of hydrogen-bond donors (Lipinski definition) is 1. The lowest BCUT2D eigenvalue weighted by Gasteiger charge is -2.39. The number of amides is 3. The molecule has 2 heterocycles. The van der Waals surface area contributed by atoms with Crippen LogP contribution in [0.4, 0.5) is 4.79 Å². The second-order valence-electron chi connectivity index (χ2n) is 10.3.